The number of carbonyl (C=O) groups is 2. The molecule has 0 saturated heterocycles. The number of ether oxygens (including phenoxy) is 1. The second-order valence-corrected chi connectivity index (χ2v) is 10.6. The van der Waals surface area contributed by atoms with Gasteiger partial charge in [0.15, 0.2) is 6.61 Å². The Labute approximate surface area is 229 Å². The van der Waals surface area contributed by atoms with Gasteiger partial charge in [-0.2, -0.15) is 0 Å². The van der Waals surface area contributed by atoms with Crippen LogP contribution in [-0.4, -0.2) is 35.4 Å². The Morgan fingerprint density at radius 3 is 2.35 bits per heavy atom. The zero-order valence-corrected chi connectivity index (χ0v) is 24.0. The lowest BCUT2D eigenvalue weighted by atomic mass is 10.0. The van der Waals surface area contributed by atoms with Gasteiger partial charge in [0.25, 0.3) is 5.91 Å². The first kappa shape index (κ1) is 28.5. The highest BCUT2D eigenvalue weighted by Crippen LogP contribution is 2.24. The van der Waals surface area contributed by atoms with Gasteiger partial charge in [0.2, 0.25) is 5.91 Å². The summed E-state index contributed by atoms with van der Waals surface area (Å²) < 4.78 is 6.97. The predicted octanol–water partition coefficient (Wildman–Crippen LogP) is 6.31. The summed E-state index contributed by atoms with van der Waals surface area (Å²) in [5, 5.41) is 3.10. The highest BCUT2D eigenvalue weighted by Gasteiger charge is 2.31. The van der Waals surface area contributed by atoms with Gasteiger partial charge in [-0.05, 0) is 80.1 Å². The van der Waals surface area contributed by atoms with Crippen LogP contribution in [0.1, 0.15) is 48.1 Å². The number of rotatable bonds is 11. The Bertz CT molecular complexity index is 1210. The van der Waals surface area contributed by atoms with Gasteiger partial charge < -0.3 is 15.0 Å². The lowest BCUT2D eigenvalue weighted by Crippen LogP contribution is -2.53. The molecule has 0 aromatic heterocycles. The average Bonchev–Trinajstić information content (AvgIpc) is 2.87. The fourth-order valence-corrected chi connectivity index (χ4v) is 4.65. The number of nitrogens with zero attached hydrogens (tertiary/aromatic N) is 1. The number of aryl methyl sites for hydroxylation is 2. The summed E-state index contributed by atoms with van der Waals surface area (Å²) in [5.74, 6) is 0.291. The first-order valence-corrected chi connectivity index (χ1v) is 13.6. The van der Waals surface area contributed by atoms with Crippen molar-refractivity contribution in [1.29, 1.82) is 0 Å². The highest BCUT2D eigenvalue weighted by atomic mass is 79.9. The van der Waals surface area contributed by atoms with Crippen LogP contribution in [0.4, 0.5) is 0 Å². The summed E-state index contributed by atoms with van der Waals surface area (Å²) >= 11 is 3.53. The third-order valence-electron chi connectivity index (χ3n) is 6.63. The molecule has 1 N–H and O–H groups in total. The maximum absolute atomic E-state index is 13.8. The number of benzene rings is 3. The van der Waals surface area contributed by atoms with Crippen LogP contribution in [-0.2, 0) is 22.6 Å². The van der Waals surface area contributed by atoms with Gasteiger partial charge in [-0.3, -0.25) is 9.59 Å². The van der Waals surface area contributed by atoms with Crippen molar-refractivity contribution in [2.45, 2.75) is 66.1 Å². The zero-order valence-electron chi connectivity index (χ0n) is 22.4. The molecule has 0 bridgehead atoms. The number of amides is 2. The van der Waals surface area contributed by atoms with E-state index in [0.717, 1.165) is 38.7 Å². The van der Waals surface area contributed by atoms with E-state index in [0.29, 0.717) is 18.7 Å². The summed E-state index contributed by atoms with van der Waals surface area (Å²) in [4.78, 5) is 29.0. The summed E-state index contributed by atoms with van der Waals surface area (Å²) in [6.07, 6.45) is 1.21. The van der Waals surface area contributed by atoms with Crippen molar-refractivity contribution in [2.24, 2.45) is 0 Å². The van der Waals surface area contributed by atoms with E-state index < -0.39 is 6.04 Å². The lowest BCUT2D eigenvalue weighted by molar-refractivity contribution is -0.143. The Kier molecular flexibility index (Phi) is 10.3. The van der Waals surface area contributed by atoms with E-state index in [2.05, 4.69) is 27.3 Å². The van der Waals surface area contributed by atoms with E-state index in [1.54, 1.807) is 4.90 Å². The summed E-state index contributed by atoms with van der Waals surface area (Å²) in [6.45, 7) is 10.2. The van der Waals surface area contributed by atoms with Gasteiger partial charge in [-0.1, -0.05) is 71.4 Å². The van der Waals surface area contributed by atoms with Crippen molar-refractivity contribution in [2.75, 3.05) is 6.61 Å². The molecule has 5 nitrogen and oxygen atoms in total. The zero-order chi connectivity index (χ0) is 26.9. The van der Waals surface area contributed by atoms with Gasteiger partial charge in [0.1, 0.15) is 11.8 Å². The van der Waals surface area contributed by atoms with Gasteiger partial charge >= 0.3 is 0 Å². The maximum Gasteiger partial charge on any atom is 0.261 e. The Balaban J connectivity index is 1.95. The molecule has 2 atom stereocenters. The normalized spacial score (nSPS) is 12.5. The van der Waals surface area contributed by atoms with Crippen LogP contribution in [0.25, 0.3) is 0 Å². The Morgan fingerprint density at radius 2 is 1.68 bits per heavy atom. The average molecular weight is 566 g/mol. The molecule has 0 unspecified atom stereocenters. The van der Waals surface area contributed by atoms with Crippen molar-refractivity contribution in [3.63, 3.8) is 0 Å². The number of nitrogens with one attached hydrogen (secondary N) is 1. The second kappa shape index (κ2) is 13.4. The van der Waals surface area contributed by atoms with E-state index in [1.807, 2.05) is 95.3 Å². The minimum atomic E-state index is -0.688. The third kappa shape index (κ3) is 8.19. The number of carbonyl (C=O) groups excluding carboxylic acids is 2. The lowest BCUT2D eigenvalue weighted by Gasteiger charge is -2.32. The fourth-order valence-electron chi connectivity index (χ4n) is 4.20. The minimum Gasteiger partial charge on any atom is -0.483 e. The summed E-state index contributed by atoms with van der Waals surface area (Å²) in [7, 11) is 0. The monoisotopic (exact) mass is 564 g/mol. The van der Waals surface area contributed by atoms with E-state index in [9.17, 15) is 9.59 Å². The van der Waals surface area contributed by atoms with Gasteiger partial charge in [0.05, 0.1) is 0 Å². The SMILES string of the molecule is CC[C@H](C)NC(=O)[C@H](Cc1ccccc1)N(Cc1cccc(Br)c1)C(=O)COc1cc(C)cc(C)c1C. The van der Waals surface area contributed by atoms with Gasteiger partial charge in [-0.25, -0.2) is 0 Å². The predicted molar refractivity (Wildman–Crippen MR) is 153 cm³/mol. The molecule has 37 heavy (non-hydrogen) atoms. The Hall–Kier alpha value is -3.12. The molecule has 0 spiro atoms. The van der Waals surface area contributed by atoms with E-state index >= 15 is 0 Å². The van der Waals surface area contributed by atoms with E-state index in [1.165, 1.54) is 0 Å². The molecule has 0 saturated carbocycles. The topological polar surface area (TPSA) is 58.6 Å². The molecule has 2 amide bonds. The minimum absolute atomic E-state index is 0.00256. The molecule has 3 rings (SSSR count). The van der Waals surface area contributed by atoms with Crippen LogP contribution >= 0.6 is 15.9 Å². The van der Waals surface area contributed by atoms with Crippen molar-refractivity contribution < 1.29 is 14.3 Å². The van der Waals surface area contributed by atoms with Crippen molar-refractivity contribution in [3.8, 4) is 5.75 Å². The molecule has 6 heteroatoms. The van der Waals surface area contributed by atoms with Crippen LogP contribution < -0.4 is 10.1 Å². The first-order chi connectivity index (χ1) is 17.7. The van der Waals surface area contributed by atoms with Gasteiger partial charge in [0, 0.05) is 23.5 Å². The number of hydrogen-bond donors (Lipinski definition) is 1. The van der Waals surface area contributed by atoms with Crippen LogP contribution in [0.2, 0.25) is 0 Å². The molecule has 0 heterocycles. The summed E-state index contributed by atoms with van der Waals surface area (Å²) in [5.41, 5.74) is 5.12. The molecule has 3 aromatic rings. The molecule has 0 aliphatic heterocycles. The van der Waals surface area contributed by atoms with Gasteiger partial charge in [-0.15, -0.1) is 0 Å². The first-order valence-electron chi connectivity index (χ1n) is 12.8. The number of halogens is 1. The molecule has 196 valence electrons. The fraction of sp³-hybridized carbons (Fsp3) is 0.355. The van der Waals surface area contributed by atoms with Crippen molar-refractivity contribution >= 4 is 27.7 Å². The molecular weight excluding hydrogens is 528 g/mol. The van der Waals surface area contributed by atoms with E-state index in [4.69, 9.17) is 4.74 Å². The largest absolute Gasteiger partial charge is 0.483 e. The molecule has 0 radical (unpaired) electrons. The molecular formula is C31H37BrN2O3. The van der Waals surface area contributed by atoms with Crippen LogP contribution in [0.5, 0.6) is 5.75 Å². The maximum atomic E-state index is 13.8. The molecule has 3 aromatic carbocycles. The quantitative estimate of drug-likeness (QED) is 0.297. The molecule has 0 fully saturated rings. The molecule has 0 aliphatic carbocycles. The van der Waals surface area contributed by atoms with Crippen LogP contribution in [0, 0.1) is 20.8 Å². The molecule has 0 aliphatic rings. The highest BCUT2D eigenvalue weighted by molar-refractivity contribution is 9.10. The second-order valence-electron chi connectivity index (χ2n) is 9.67. The smallest absolute Gasteiger partial charge is 0.261 e. The Morgan fingerprint density at radius 1 is 0.973 bits per heavy atom. The third-order valence-corrected chi connectivity index (χ3v) is 7.12. The van der Waals surface area contributed by atoms with Crippen molar-refractivity contribution in [1.82, 2.24) is 10.2 Å². The van der Waals surface area contributed by atoms with Crippen LogP contribution in [0.15, 0.2) is 71.2 Å². The number of hydrogen-bond acceptors (Lipinski definition) is 3. The summed E-state index contributed by atoms with van der Waals surface area (Å²) in [6, 6.07) is 21.0. The van der Waals surface area contributed by atoms with E-state index in [-0.39, 0.29) is 24.5 Å². The standard InChI is InChI=1S/C31H37BrN2O3/c1-6-23(4)33-31(36)28(18-25-11-8-7-9-12-25)34(19-26-13-10-14-27(32)17-26)30(35)20-37-29-16-21(2)15-22(3)24(29)5/h7-17,23,28H,6,18-20H2,1-5H3,(H,33,36)/t23-,28-/m0/s1. The van der Waals surface area contributed by atoms with Crippen molar-refractivity contribution in [3.05, 3.63) is 99.0 Å². The van der Waals surface area contributed by atoms with Crippen LogP contribution in [0.3, 0.4) is 0 Å².